The molecule has 0 radical (unpaired) electrons. The first-order valence-electron chi connectivity index (χ1n) is 9.29. The lowest BCUT2D eigenvalue weighted by atomic mass is 9.93. The minimum absolute atomic E-state index is 0.152. The maximum Gasteiger partial charge on any atom is 0.338 e. The third kappa shape index (κ3) is 5.49. The highest BCUT2D eigenvalue weighted by Crippen LogP contribution is 2.38. The van der Waals surface area contributed by atoms with Gasteiger partial charge >= 0.3 is 11.9 Å². The molecule has 0 saturated heterocycles. The lowest BCUT2D eigenvalue weighted by Gasteiger charge is -2.21. The molecule has 0 fully saturated rings. The zero-order valence-electron chi connectivity index (χ0n) is 16.4. The van der Waals surface area contributed by atoms with Crippen LogP contribution in [0.25, 0.3) is 0 Å². The second-order valence-corrected chi connectivity index (χ2v) is 7.38. The van der Waals surface area contributed by atoms with Crippen molar-refractivity contribution < 1.29 is 33.0 Å². The quantitative estimate of drug-likeness (QED) is 0.623. The highest BCUT2D eigenvalue weighted by molar-refractivity contribution is 6.34. The van der Waals surface area contributed by atoms with Gasteiger partial charge in [0.2, 0.25) is 5.91 Å². The molecule has 0 spiro atoms. The van der Waals surface area contributed by atoms with Crippen LogP contribution in [0.3, 0.4) is 0 Å². The number of alkyl halides is 2. The van der Waals surface area contributed by atoms with Gasteiger partial charge in [0.25, 0.3) is 0 Å². The molecule has 31 heavy (non-hydrogen) atoms. The number of carbonyl (C=O) groups is 2. The largest absolute Gasteiger partial charge is 0.506 e. The van der Waals surface area contributed by atoms with E-state index < -0.39 is 30.9 Å². The van der Waals surface area contributed by atoms with Crippen LogP contribution in [0.1, 0.15) is 29.3 Å². The number of phenolic OH excluding ortho intramolecular Hbond substituents is 1. The lowest BCUT2D eigenvalue weighted by Crippen LogP contribution is -2.33. The molecular weight excluding hydrogens is 434 g/mol. The van der Waals surface area contributed by atoms with Crippen LogP contribution in [0.4, 0.5) is 8.78 Å². The van der Waals surface area contributed by atoms with Crippen molar-refractivity contribution in [2.24, 2.45) is 11.0 Å². The van der Waals surface area contributed by atoms with E-state index in [4.69, 9.17) is 16.3 Å². The number of rotatable bonds is 7. The first-order valence-corrected chi connectivity index (χ1v) is 9.67. The van der Waals surface area contributed by atoms with Gasteiger partial charge in [0.05, 0.1) is 11.3 Å². The van der Waals surface area contributed by atoms with Crippen molar-refractivity contribution in [3.05, 3.63) is 58.6 Å². The van der Waals surface area contributed by atoms with E-state index in [1.165, 1.54) is 24.3 Å². The second kappa shape index (κ2) is 9.30. The number of esters is 1. The molecular formula is C21H19ClF2N2O5. The van der Waals surface area contributed by atoms with E-state index in [9.17, 15) is 23.5 Å². The first-order chi connectivity index (χ1) is 14.7. The summed E-state index contributed by atoms with van der Waals surface area (Å²) in [4.78, 5) is 23.2. The Morgan fingerprint density at radius 1 is 1.26 bits per heavy atom. The molecule has 164 valence electrons. The summed E-state index contributed by atoms with van der Waals surface area (Å²) < 4.78 is 37.9. The molecule has 0 aliphatic carbocycles. The zero-order valence-corrected chi connectivity index (χ0v) is 17.2. The van der Waals surface area contributed by atoms with Gasteiger partial charge < -0.3 is 14.6 Å². The normalized spacial score (nSPS) is 16.3. The van der Waals surface area contributed by atoms with Crippen molar-refractivity contribution in [1.82, 2.24) is 5.43 Å². The number of benzene rings is 2. The van der Waals surface area contributed by atoms with Gasteiger partial charge in [-0.2, -0.15) is 13.9 Å². The minimum atomic E-state index is -3.49. The Hall–Kier alpha value is -3.20. The van der Waals surface area contributed by atoms with E-state index in [2.05, 4.69) is 15.3 Å². The molecule has 1 atom stereocenters. The fraction of sp³-hybridized carbons (Fsp3) is 0.286. The Kier molecular flexibility index (Phi) is 6.74. The molecule has 10 heteroatoms. The van der Waals surface area contributed by atoms with E-state index in [1.807, 2.05) is 0 Å². The molecule has 1 unspecified atom stereocenters. The highest BCUT2D eigenvalue weighted by atomic mass is 35.5. The number of amides is 1. The smallest absolute Gasteiger partial charge is 0.338 e. The van der Waals surface area contributed by atoms with Gasteiger partial charge in [-0.05, 0) is 24.3 Å². The Labute approximate surface area is 181 Å². The molecule has 2 aromatic carbocycles. The highest BCUT2D eigenvalue weighted by Gasteiger charge is 2.33. The number of hydrazone groups is 1. The summed E-state index contributed by atoms with van der Waals surface area (Å²) in [6, 6.07) is 10.5. The van der Waals surface area contributed by atoms with Crippen LogP contribution in [0.5, 0.6) is 11.5 Å². The van der Waals surface area contributed by atoms with Crippen LogP contribution in [0, 0.1) is 5.92 Å². The molecule has 2 aromatic rings. The van der Waals surface area contributed by atoms with Gasteiger partial charge in [0.1, 0.15) is 16.5 Å². The summed E-state index contributed by atoms with van der Waals surface area (Å²) in [5.41, 5.74) is 3.14. The number of ether oxygens (including phenoxy) is 2. The lowest BCUT2D eigenvalue weighted by molar-refractivity contribution is -0.121. The first kappa shape index (κ1) is 22.5. The molecule has 3 rings (SSSR count). The number of hydrogen-bond acceptors (Lipinski definition) is 6. The predicted molar refractivity (Wildman–Crippen MR) is 109 cm³/mol. The van der Waals surface area contributed by atoms with E-state index in [0.29, 0.717) is 5.71 Å². The standard InChI is InChI=1S/C21H19ClF2N2O5/c1-12-9-16(27)25-26-18(12)14-7-8-15(17(22)19(14)28)30-10-21(23,24)11-31-20(29)13-5-3-2-4-6-13/h2-8,12,28H,9-11H2,1H3,(H,25,27). The summed E-state index contributed by atoms with van der Waals surface area (Å²) >= 11 is 6.08. The van der Waals surface area contributed by atoms with Crippen molar-refractivity contribution >= 4 is 29.2 Å². The molecule has 1 heterocycles. The van der Waals surface area contributed by atoms with Crippen molar-refractivity contribution in [3.8, 4) is 11.5 Å². The number of nitrogens with zero attached hydrogens (tertiary/aromatic N) is 1. The van der Waals surface area contributed by atoms with E-state index in [0.717, 1.165) is 0 Å². The summed E-state index contributed by atoms with van der Waals surface area (Å²) in [5.74, 6) is -5.48. The van der Waals surface area contributed by atoms with Gasteiger partial charge in [-0.15, -0.1) is 0 Å². The van der Waals surface area contributed by atoms with Crippen molar-refractivity contribution in [2.75, 3.05) is 13.2 Å². The molecule has 1 aliphatic heterocycles. The topological polar surface area (TPSA) is 97.2 Å². The third-order valence-electron chi connectivity index (χ3n) is 4.48. The number of hydrogen-bond donors (Lipinski definition) is 2. The van der Waals surface area contributed by atoms with Crippen LogP contribution in [0.15, 0.2) is 47.6 Å². The van der Waals surface area contributed by atoms with Gasteiger partial charge in [-0.1, -0.05) is 36.7 Å². The third-order valence-corrected chi connectivity index (χ3v) is 4.84. The van der Waals surface area contributed by atoms with Crippen LogP contribution in [-0.4, -0.2) is 41.8 Å². The molecule has 7 nitrogen and oxygen atoms in total. The number of carbonyl (C=O) groups excluding carboxylic acids is 2. The maximum absolute atomic E-state index is 14.1. The Morgan fingerprint density at radius 2 is 1.97 bits per heavy atom. The number of aromatic hydroxyl groups is 1. The SMILES string of the molecule is CC1CC(=O)NN=C1c1ccc(OCC(F)(F)COC(=O)c2ccccc2)c(Cl)c1O. The van der Waals surface area contributed by atoms with Crippen LogP contribution < -0.4 is 10.2 Å². The van der Waals surface area contributed by atoms with Crippen molar-refractivity contribution in [1.29, 1.82) is 0 Å². The number of nitrogens with one attached hydrogen (secondary N) is 1. The molecule has 0 saturated carbocycles. The zero-order chi connectivity index (χ0) is 22.6. The van der Waals surface area contributed by atoms with Gasteiger partial charge in [0, 0.05) is 17.9 Å². The second-order valence-electron chi connectivity index (χ2n) is 7.00. The summed E-state index contributed by atoms with van der Waals surface area (Å²) in [6.07, 6.45) is 0.183. The summed E-state index contributed by atoms with van der Waals surface area (Å²) in [6.45, 7) is -0.552. The van der Waals surface area contributed by atoms with E-state index in [-0.39, 0.29) is 40.1 Å². The average molecular weight is 453 g/mol. The Bertz CT molecular complexity index is 1010. The van der Waals surface area contributed by atoms with Gasteiger partial charge in [-0.25, -0.2) is 10.2 Å². The summed E-state index contributed by atoms with van der Waals surface area (Å²) in [7, 11) is 0. The molecule has 2 N–H and O–H groups in total. The van der Waals surface area contributed by atoms with E-state index in [1.54, 1.807) is 25.1 Å². The average Bonchev–Trinajstić information content (AvgIpc) is 2.74. The van der Waals surface area contributed by atoms with Crippen LogP contribution >= 0.6 is 11.6 Å². The molecule has 1 amide bonds. The molecule has 0 bridgehead atoms. The fourth-order valence-corrected chi connectivity index (χ4v) is 3.12. The van der Waals surface area contributed by atoms with Crippen LogP contribution in [-0.2, 0) is 9.53 Å². The molecule has 1 aliphatic rings. The fourth-order valence-electron chi connectivity index (χ4n) is 2.90. The van der Waals surface area contributed by atoms with Crippen molar-refractivity contribution in [3.63, 3.8) is 0 Å². The van der Waals surface area contributed by atoms with Crippen molar-refractivity contribution in [2.45, 2.75) is 19.3 Å². The minimum Gasteiger partial charge on any atom is -0.506 e. The van der Waals surface area contributed by atoms with E-state index >= 15 is 0 Å². The Balaban J connectivity index is 1.64. The number of halogens is 3. The molecule has 0 aromatic heterocycles. The maximum atomic E-state index is 14.1. The van der Waals surface area contributed by atoms with Gasteiger partial charge in [0.15, 0.2) is 13.2 Å². The summed E-state index contributed by atoms with van der Waals surface area (Å²) in [5, 5.41) is 14.0. The predicted octanol–water partition coefficient (Wildman–Crippen LogP) is 3.78. The van der Waals surface area contributed by atoms with Gasteiger partial charge in [-0.3, -0.25) is 4.79 Å². The monoisotopic (exact) mass is 452 g/mol. The van der Waals surface area contributed by atoms with Crippen LogP contribution in [0.2, 0.25) is 5.02 Å². The number of phenols is 1. The Morgan fingerprint density at radius 3 is 2.65 bits per heavy atom.